The van der Waals surface area contributed by atoms with Gasteiger partial charge in [-0.3, -0.25) is 4.79 Å². The molecule has 1 amide bonds. The molecule has 0 fully saturated rings. The van der Waals surface area contributed by atoms with Crippen molar-refractivity contribution in [2.75, 3.05) is 73.0 Å². The summed E-state index contributed by atoms with van der Waals surface area (Å²) in [5, 5.41) is 3.28. The highest BCUT2D eigenvalue weighted by molar-refractivity contribution is 5.46. The van der Waals surface area contributed by atoms with Crippen molar-refractivity contribution in [3.8, 4) is 0 Å². The molecule has 0 bridgehead atoms. The smallest absolute Gasteiger partial charge is 0.209 e. The zero-order chi connectivity index (χ0) is 20.0. The average Bonchev–Trinajstić information content (AvgIpc) is 2.57. The van der Waals surface area contributed by atoms with Gasteiger partial charge in [0.1, 0.15) is 0 Å². The second-order valence-corrected chi connectivity index (χ2v) is 6.88. The molecular weight excluding hydrogens is 336 g/mol. The van der Waals surface area contributed by atoms with Gasteiger partial charge in [-0.25, -0.2) is 0 Å². The van der Waals surface area contributed by atoms with Gasteiger partial charge in [-0.15, -0.1) is 0 Å². The Bertz CT molecular complexity index is 276. The maximum atomic E-state index is 10.3. The van der Waals surface area contributed by atoms with Gasteiger partial charge >= 0.3 is 0 Å². The summed E-state index contributed by atoms with van der Waals surface area (Å²) in [5.41, 5.74) is 0. The van der Waals surface area contributed by atoms with Gasteiger partial charge in [-0.05, 0) is 5.92 Å². The first-order chi connectivity index (χ1) is 12.4. The number of rotatable bonds is 17. The van der Waals surface area contributed by atoms with Crippen LogP contribution in [0.4, 0.5) is 0 Å². The first-order valence-electron chi connectivity index (χ1n) is 9.60. The number of nitrogens with one attached hydrogen (secondary N) is 1. The van der Waals surface area contributed by atoms with Crippen molar-refractivity contribution in [2.24, 2.45) is 5.92 Å². The number of amides is 1. The van der Waals surface area contributed by atoms with E-state index >= 15 is 0 Å². The quantitative estimate of drug-likeness (QED) is 0.307. The summed E-state index contributed by atoms with van der Waals surface area (Å²) in [6.45, 7) is 16.8. The van der Waals surface area contributed by atoms with Crippen molar-refractivity contribution in [3.05, 3.63) is 0 Å². The van der Waals surface area contributed by atoms with Gasteiger partial charge in [0.2, 0.25) is 6.41 Å². The fraction of sp³-hybridized carbons (Fsp3) is 0.947. The van der Waals surface area contributed by atoms with Crippen molar-refractivity contribution < 1.29 is 23.7 Å². The molecule has 0 aliphatic rings. The minimum absolute atomic E-state index is 0.493. The fourth-order valence-corrected chi connectivity index (χ4v) is 1.44. The Morgan fingerprint density at radius 2 is 1.15 bits per heavy atom. The topological polar surface area (TPSA) is 69.3 Å². The average molecular weight is 379 g/mol. The van der Waals surface area contributed by atoms with Crippen LogP contribution in [0, 0.1) is 5.92 Å². The van der Waals surface area contributed by atoms with E-state index in [1.807, 2.05) is 0 Å². The molecule has 0 aromatic carbocycles. The van der Waals surface area contributed by atoms with Crippen molar-refractivity contribution in [2.45, 2.75) is 40.7 Å². The first kappa shape index (κ1) is 27.5. The van der Waals surface area contributed by atoms with Crippen molar-refractivity contribution in [1.29, 1.82) is 0 Å². The highest BCUT2D eigenvalue weighted by Crippen LogP contribution is 1.84. The van der Waals surface area contributed by atoms with Crippen molar-refractivity contribution >= 4 is 6.41 Å². The van der Waals surface area contributed by atoms with Crippen LogP contribution >= 0.6 is 0 Å². The van der Waals surface area contributed by atoms with Crippen molar-refractivity contribution in [3.63, 3.8) is 0 Å². The molecule has 0 atom stereocenters. The standard InChI is InChI=1S/C15H32N2O5.C4H10/c1-15(2)16-4-6-19-8-10-21-12-13-22-11-9-20-7-5-17(3)14-18;1-4(2)3/h14-16H,4-13H2,1-3H3;4H,1-3H3. The van der Waals surface area contributed by atoms with Crippen LogP contribution in [-0.4, -0.2) is 90.3 Å². The molecule has 0 heterocycles. The summed E-state index contributed by atoms with van der Waals surface area (Å²) < 4.78 is 21.5. The monoisotopic (exact) mass is 378 g/mol. The zero-order valence-electron chi connectivity index (χ0n) is 17.8. The van der Waals surface area contributed by atoms with Crippen LogP contribution in [0.1, 0.15) is 34.6 Å². The highest BCUT2D eigenvalue weighted by atomic mass is 16.6. The van der Waals surface area contributed by atoms with E-state index in [9.17, 15) is 4.79 Å². The Morgan fingerprint density at radius 1 is 0.769 bits per heavy atom. The van der Waals surface area contributed by atoms with Crippen LogP contribution in [0.15, 0.2) is 0 Å². The lowest BCUT2D eigenvalue weighted by Crippen LogP contribution is -2.27. The number of likely N-dealkylation sites (N-methyl/N-ethyl adjacent to an activating group) is 1. The van der Waals surface area contributed by atoms with Crippen molar-refractivity contribution in [1.82, 2.24) is 10.2 Å². The number of hydrogen-bond acceptors (Lipinski definition) is 6. The lowest BCUT2D eigenvalue weighted by atomic mass is 10.3. The molecule has 0 saturated carbocycles. The second kappa shape index (κ2) is 22.3. The Morgan fingerprint density at radius 3 is 1.54 bits per heavy atom. The molecule has 1 N–H and O–H groups in total. The highest BCUT2D eigenvalue weighted by Gasteiger charge is 1.95. The molecule has 0 aromatic heterocycles. The van der Waals surface area contributed by atoms with Gasteiger partial charge in [0, 0.05) is 26.2 Å². The molecule has 0 aliphatic heterocycles. The maximum absolute atomic E-state index is 10.3. The molecule has 0 unspecified atom stereocenters. The van der Waals surface area contributed by atoms with Crippen LogP contribution < -0.4 is 5.32 Å². The molecular formula is C19H42N2O5. The Labute approximate surface area is 160 Å². The van der Waals surface area contributed by atoms with E-state index in [2.05, 4.69) is 39.9 Å². The Hall–Kier alpha value is -0.730. The maximum Gasteiger partial charge on any atom is 0.209 e. The van der Waals surface area contributed by atoms with E-state index < -0.39 is 0 Å². The summed E-state index contributed by atoms with van der Waals surface area (Å²) >= 11 is 0. The predicted molar refractivity (Wildman–Crippen MR) is 106 cm³/mol. The fourth-order valence-electron chi connectivity index (χ4n) is 1.44. The summed E-state index contributed by atoms with van der Waals surface area (Å²) in [6, 6.07) is 0.493. The van der Waals surface area contributed by atoms with Crippen LogP contribution in [0.2, 0.25) is 0 Å². The summed E-state index contributed by atoms with van der Waals surface area (Å²) in [6.07, 6.45) is 0.780. The minimum Gasteiger partial charge on any atom is -0.378 e. The van der Waals surface area contributed by atoms with Gasteiger partial charge in [0.05, 0.1) is 52.9 Å². The number of nitrogens with zero attached hydrogens (tertiary/aromatic N) is 1. The third kappa shape index (κ3) is 31.1. The Kier molecular flexibility index (Phi) is 23.6. The summed E-state index contributed by atoms with van der Waals surface area (Å²) in [4.78, 5) is 11.9. The molecule has 7 nitrogen and oxygen atoms in total. The van der Waals surface area contributed by atoms with Gasteiger partial charge in [-0.2, -0.15) is 0 Å². The molecule has 0 rings (SSSR count). The minimum atomic E-state index is 0.493. The van der Waals surface area contributed by atoms with Gasteiger partial charge in [0.25, 0.3) is 0 Å². The molecule has 0 saturated heterocycles. The number of hydrogen-bond donors (Lipinski definition) is 1. The van der Waals surface area contributed by atoms with Gasteiger partial charge in [0.15, 0.2) is 0 Å². The SMILES string of the molecule is CC(C)C.CC(C)NCCOCCOCCOCCOCCN(C)C=O. The van der Waals surface area contributed by atoms with E-state index in [0.717, 1.165) is 18.9 Å². The van der Waals surface area contributed by atoms with E-state index in [1.165, 1.54) is 4.90 Å². The van der Waals surface area contributed by atoms with E-state index in [0.29, 0.717) is 65.4 Å². The van der Waals surface area contributed by atoms with Crippen LogP contribution in [0.5, 0.6) is 0 Å². The zero-order valence-corrected chi connectivity index (χ0v) is 17.8. The largest absolute Gasteiger partial charge is 0.378 e. The number of carbonyl (C=O) groups is 1. The lowest BCUT2D eigenvalue weighted by Gasteiger charge is -2.11. The number of carbonyl (C=O) groups excluding carboxylic acids is 1. The first-order valence-corrected chi connectivity index (χ1v) is 9.60. The summed E-state index contributed by atoms with van der Waals surface area (Å²) in [7, 11) is 1.72. The normalized spacial score (nSPS) is 10.8. The van der Waals surface area contributed by atoms with E-state index in [-0.39, 0.29) is 0 Å². The molecule has 158 valence electrons. The van der Waals surface area contributed by atoms with Gasteiger partial charge < -0.3 is 29.2 Å². The molecule has 0 aliphatic carbocycles. The molecule has 0 spiro atoms. The molecule has 0 aromatic rings. The third-order valence-corrected chi connectivity index (χ3v) is 2.68. The Balaban J connectivity index is 0. The van der Waals surface area contributed by atoms with Crippen LogP contribution in [-0.2, 0) is 23.7 Å². The molecule has 26 heavy (non-hydrogen) atoms. The predicted octanol–water partition coefficient (Wildman–Crippen LogP) is 1.80. The molecule has 7 heteroatoms. The lowest BCUT2D eigenvalue weighted by molar-refractivity contribution is -0.117. The van der Waals surface area contributed by atoms with Gasteiger partial charge in [-0.1, -0.05) is 34.6 Å². The third-order valence-electron chi connectivity index (χ3n) is 2.68. The van der Waals surface area contributed by atoms with E-state index in [1.54, 1.807) is 7.05 Å². The second-order valence-electron chi connectivity index (χ2n) is 6.88. The van der Waals surface area contributed by atoms with Crippen LogP contribution in [0.3, 0.4) is 0 Å². The van der Waals surface area contributed by atoms with E-state index in [4.69, 9.17) is 18.9 Å². The summed E-state index contributed by atoms with van der Waals surface area (Å²) in [5.74, 6) is 0.833. The number of ether oxygens (including phenoxy) is 4. The van der Waals surface area contributed by atoms with Crippen LogP contribution in [0.25, 0.3) is 0 Å². The molecule has 0 radical (unpaired) electrons.